The summed E-state index contributed by atoms with van der Waals surface area (Å²) in [7, 11) is 2.31. The minimum Gasteiger partial charge on any atom is -0.494 e. The number of pyridine rings is 1. The third-order valence-corrected chi connectivity index (χ3v) is 2.04. The van der Waals surface area contributed by atoms with Gasteiger partial charge >= 0.3 is 12.3 Å². The van der Waals surface area contributed by atoms with E-state index in [9.17, 15) is 18.0 Å². The first kappa shape index (κ1) is 15.0. The van der Waals surface area contributed by atoms with Gasteiger partial charge in [-0.05, 0) is 0 Å². The lowest BCUT2D eigenvalue weighted by atomic mass is 10.2. The molecular weight excluding hydrogens is 269 g/mol. The topological polar surface area (TPSA) is 83.7 Å². The van der Waals surface area contributed by atoms with Gasteiger partial charge in [0.2, 0.25) is 5.88 Å². The summed E-state index contributed by atoms with van der Waals surface area (Å²) in [4.78, 5) is 15.0. The Bertz CT molecular complexity index is 477. The lowest BCUT2D eigenvalue weighted by Gasteiger charge is -2.14. The van der Waals surface area contributed by atoms with Crippen LogP contribution in [0.2, 0.25) is 0 Å². The zero-order valence-electron chi connectivity index (χ0n) is 10.1. The normalized spacial score (nSPS) is 11.1. The molecule has 0 unspecified atom stereocenters. The molecule has 0 radical (unpaired) electrons. The summed E-state index contributed by atoms with van der Waals surface area (Å²) in [5, 5.41) is 0. The maximum atomic E-state index is 12.1. The van der Waals surface area contributed by atoms with Crippen LogP contribution in [-0.4, -0.2) is 31.5 Å². The van der Waals surface area contributed by atoms with Crippen molar-refractivity contribution in [2.75, 3.05) is 14.2 Å². The first-order chi connectivity index (χ1) is 8.82. The second-order valence-electron chi connectivity index (χ2n) is 3.23. The predicted molar refractivity (Wildman–Crippen MR) is 56.7 cm³/mol. The molecule has 1 aromatic rings. The van der Waals surface area contributed by atoms with Crippen LogP contribution >= 0.6 is 0 Å². The Labute approximate surface area is 106 Å². The van der Waals surface area contributed by atoms with Crippen molar-refractivity contribution in [2.24, 2.45) is 5.73 Å². The van der Waals surface area contributed by atoms with Gasteiger partial charge in [0, 0.05) is 12.6 Å². The van der Waals surface area contributed by atoms with Gasteiger partial charge in [-0.3, -0.25) is 0 Å². The predicted octanol–water partition coefficient (Wildman–Crippen LogP) is 1.23. The van der Waals surface area contributed by atoms with Crippen molar-refractivity contribution >= 4 is 5.97 Å². The van der Waals surface area contributed by atoms with Crippen LogP contribution in [0, 0.1) is 0 Å². The fourth-order valence-corrected chi connectivity index (χ4v) is 1.36. The van der Waals surface area contributed by atoms with Crippen LogP contribution in [0.3, 0.4) is 0 Å². The molecule has 0 saturated carbocycles. The monoisotopic (exact) mass is 280 g/mol. The molecule has 1 aromatic heterocycles. The molecule has 19 heavy (non-hydrogen) atoms. The van der Waals surface area contributed by atoms with Crippen molar-refractivity contribution in [3.8, 4) is 11.6 Å². The SMILES string of the molecule is COC(=O)c1cc(OC(F)(F)F)nc(CN)c1OC. The maximum Gasteiger partial charge on any atom is 0.574 e. The molecule has 0 aliphatic rings. The van der Waals surface area contributed by atoms with E-state index in [1.165, 1.54) is 7.11 Å². The summed E-state index contributed by atoms with van der Waals surface area (Å²) in [6.07, 6.45) is -4.93. The molecule has 0 aromatic carbocycles. The smallest absolute Gasteiger partial charge is 0.494 e. The molecule has 6 nitrogen and oxygen atoms in total. The first-order valence-electron chi connectivity index (χ1n) is 4.94. The maximum absolute atomic E-state index is 12.1. The standard InChI is InChI=1S/C10H11F3N2O4/c1-17-8-5(9(16)18-2)3-7(15-6(8)4-14)19-10(11,12)13/h3H,4,14H2,1-2H3. The van der Waals surface area contributed by atoms with E-state index in [1.54, 1.807) is 0 Å². The molecule has 0 bridgehead atoms. The zero-order chi connectivity index (χ0) is 14.6. The highest BCUT2D eigenvalue weighted by molar-refractivity contribution is 5.93. The van der Waals surface area contributed by atoms with Crippen molar-refractivity contribution in [3.63, 3.8) is 0 Å². The number of halogens is 3. The minimum atomic E-state index is -4.93. The van der Waals surface area contributed by atoms with Crippen molar-refractivity contribution < 1.29 is 32.2 Å². The second kappa shape index (κ2) is 5.74. The van der Waals surface area contributed by atoms with E-state index in [2.05, 4.69) is 14.5 Å². The lowest BCUT2D eigenvalue weighted by Crippen LogP contribution is -2.20. The average molecular weight is 280 g/mol. The number of ether oxygens (including phenoxy) is 3. The molecule has 0 spiro atoms. The largest absolute Gasteiger partial charge is 0.574 e. The van der Waals surface area contributed by atoms with Gasteiger partial charge in [-0.1, -0.05) is 0 Å². The van der Waals surface area contributed by atoms with Crippen LogP contribution in [0.15, 0.2) is 6.07 Å². The molecular formula is C10H11F3N2O4. The summed E-state index contributed by atoms with van der Waals surface area (Å²) in [5.41, 5.74) is 5.04. The lowest BCUT2D eigenvalue weighted by molar-refractivity contribution is -0.276. The number of carbonyl (C=O) groups is 1. The Morgan fingerprint density at radius 1 is 1.42 bits per heavy atom. The van der Waals surface area contributed by atoms with Gasteiger partial charge < -0.3 is 19.9 Å². The molecule has 1 heterocycles. The summed E-state index contributed by atoms with van der Waals surface area (Å²) >= 11 is 0. The highest BCUT2D eigenvalue weighted by Crippen LogP contribution is 2.29. The second-order valence-corrected chi connectivity index (χ2v) is 3.23. The first-order valence-corrected chi connectivity index (χ1v) is 4.94. The molecule has 1 rings (SSSR count). The van der Waals surface area contributed by atoms with E-state index in [0.29, 0.717) is 0 Å². The summed E-state index contributed by atoms with van der Waals surface area (Å²) in [6.45, 7) is -0.234. The molecule has 0 amide bonds. The van der Waals surface area contributed by atoms with E-state index in [-0.39, 0.29) is 23.6 Å². The van der Waals surface area contributed by atoms with E-state index < -0.39 is 18.2 Å². The third kappa shape index (κ3) is 3.71. The fraction of sp³-hybridized carbons (Fsp3) is 0.400. The van der Waals surface area contributed by atoms with Crippen molar-refractivity contribution in [1.82, 2.24) is 4.98 Å². The Morgan fingerprint density at radius 2 is 2.05 bits per heavy atom. The fourth-order valence-electron chi connectivity index (χ4n) is 1.36. The molecule has 0 fully saturated rings. The number of hydrogen-bond acceptors (Lipinski definition) is 6. The Balaban J connectivity index is 3.34. The zero-order valence-corrected chi connectivity index (χ0v) is 10.1. The Morgan fingerprint density at radius 3 is 2.47 bits per heavy atom. The summed E-state index contributed by atoms with van der Waals surface area (Å²) < 4.78 is 49.4. The van der Waals surface area contributed by atoms with Crippen LogP contribution in [0.4, 0.5) is 13.2 Å². The van der Waals surface area contributed by atoms with E-state index >= 15 is 0 Å². The number of hydrogen-bond donors (Lipinski definition) is 1. The number of methoxy groups -OCH3 is 2. The van der Waals surface area contributed by atoms with Crippen LogP contribution in [-0.2, 0) is 11.3 Å². The number of rotatable bonds is 4. The van der Waals surface area contributed by atoms with Crippen molar-refractivity contribution in [2.45, 2.75) is 12.9 Å². The third-order valence-electron chi connectivity index (χ3n) is 2.04. The number of alkyl halides is 3. The summed E-state index contributed by atoms with van der Waals surface area (Å²) in [5.74, 6) is -1.75. The Hall–Kier alpha value is -2.03. The average Bonchev–Trinajstić information content (AvgIpc) is 2.34. The van der Waals surface area contributed by atoms with Gasteiger partial charge in [0.15, 0.2) is 5.75 Å². The number of carbonyl (C=O) groups excluding carboxylic acids is 1. The molecule has 0 aliphatic carbocycles. The highest BCUT2D eigenvalue weighted by atomic mass is 19.4. The Kier molecular flexibility index (Phi) is 4.54. The molecule has 0 aliphatic heterocycles. The van der Waals surface area contributed by atoms with E-state index in [0.717, 1.165) is 13.2 Å². The van der Waals surface area contributed by atoms with Crippen LogP contribution in [0.1, 0.15) is 16.1 Å². The molecule has 0 atom stereocenters. The van der Waals surface area contributed by atoms with Gasteiger partial charge in [-0.15, -0.1) is 13.2 Å². The van der Waals surface area contributed by atoms with Gasteiger partial charge in [0.05, 0.1) is 14.2 Å². The van der Waals surface area contributed by atoms with Crippen molar-refractivity contribution in [1.29, 1.82) is 0 Å². The van der Waals surface area contributed by atoms with Crippen LogP contribution in [0.5, 0.6) is 11.6 Å². The van der Waals surface area contributed by atoms with E-state index in [1.807, 2.05) is 0 Å². The van der Waals surface area contributed by atoms with Gasteiger partial charge in [0.25, 0.3) is 0 Å². The number of nitrogens with two attached hydrogens (primary N) is 1. The minimum absolute atomic E-state index is 0.0512. The van der Waals surface area contributed by atoms with E-state index in [4.69, 9.17) is 10.5 Å². The van der Waals surface area contributed by atoms with Gasteiger partial charge in [0.1, 0.15) is 11.3 Å². The highest BCUT2D eigenvalue weighted by Gasteiger charge is 2.33. The quantitative estimate of drug-likeness (QED) is 0.835. The van der Waals surface area contributed by atoms with Gasteiger partial charge in [-0.25, -0.2) is 9.78 Å². The van der Waals surface area contributed by atoms with Crippen LogP contribution < -0.4 is 15.2 Å². The molecule has 0 saturated heterocycles. The van der Waals surface area contributed by atoms with Crippen LogP contribution in [0.25, 0.3) is 0 Å². The van der Waals surface area contributed by atoms with Gasteiger partial charge in [-0.2, -0.15) is 0 Å². The molecule has 106 valence electrons. The molecule has 2 N–H and O–H groups in total. The summed E-state index contributed by atoms with van der Waals surface area (Å²) in [6, 6.07) is 0.775. The van der Waals surface area contributed by atoms with Crippen molar-refractivity contribution in [3.05, 3.63) is 17.3 Å². The number of aromatic nitrogens is 1. The molecule has 9 heteroatoms. The number of nitrogens with zero attached hydrogens (tertiary/aromatic N) is 1. The number of esters is 1.